The van der Waals surface area contributed by atoms with Crippen LogP contribution in [0, 0.1) is 0 Å². The zero-order valence-corrected chi connectivity index (χ0v) is 12.5. The minimum absolute atomic E-state index is 0.944. The van der Waals surface area contributed by atoms with E-state index in [-0.39, 0.29) is 0 Å². The van der Waals surface area contributed by atoms with E-state index in [1.807, 2.05) is 49.6 Å². The Morgan fingerprint density at radius 3 is 2.33 bits per heavy atom. The van der Waals surface area contributed by atoms with Crippen LogP contribution in [0.25, 0.3) is 32.6 Å². The first-order valence-corrected chi connectivity index (χ1v) is 7.45. The molecule has 0 bridgehead atoms. The third-order valence-corrected chi connectivity index (χ3v) is 4.37. The molecule has 0 aromatic carbocycles. The van der Waals surface area contributed by atoms with E-state index in [1.165, 1.54) is 4.70 Å². The first-order chi connectivity index (χ1) is 10.2. The highest BCUT2D eigenvalue weighted by Gasteiger charge is 2.11. The lowest BCUT2D eigenvalue weighted by Crippen LogP contribution is -1.85. The number of aromatic nitrogens is 5. The Balaban J connectivity index is 1.90. The standard InChI is InChI=1S/C15H13N5S/c1-19-7-10(5-16-19)12-9-21-14-4-3-13(18-15(12)14)11-6-17-20(2)8-11/h3-9H,1-2H3. The maximum absolute atomic E-state index is 4.82. The molecule has 4 aromatic heterocycles. The minimum atomic E-state index is 0.944. The summed E-state index contributed by atoms with van der Waals surface area (Å²) in [7, 11) is 3.83. The van der Waals surface area contributed by atoms with Gasteiger partial charge in [0.2, 0.25) is 0 Å². The highest BCUT2D eigenvalue weighted by atomic mass is 32.1. The molecule has 5 nitrogen and oxygen atoms in total. The van der Waals surface area contributed by atoms with Gasteiger partial charge in [-0.2, -0.15) is 10.2 Å². The molecule has 0 aliphatic carbocycles. The van der Waals surface area contributed by atoms with Crippen molar-refractivity contribution < 1.29 is 0 Å². The fourth-order valence-corrected chi connectivity index (χ4v) is 3.30. The summed E-state index contributed by atoms with van der Waals surface area (Å²) in [5.41, 5.74) is 5.23. The van der Waals surface area contributed by atoms with E-state index in [0.29, 0.717) is 0 Å². The molecule has 4 heterocycles. The molecule has 0 spiro atoms. The van der Waals surface area contributed by atoms with E-state index < -0.39 is 0 Å². The Morgan fingerprint density at radius 1 is 0.952 bits per heavy atom. The zero-order valence-electron chi connectivity index (χ0n) is 11.7. The van der Waals surface area contributed by atoms with Crippen LogP contribution in [0.3, 0.4) is 0 Å². The Morgan fingerprint density at radius 2 is 1.67 bits per heavy atom. The van der Waals surface area contributed by atoms with Gasteiger partial charge in [0.15, 0.2) is 0 Å². The van der Waals surface area contributed by atoms with Gasteiger partial charge in [0, 0.05) is 48.6 Å². The van der Waals surface area contributed by atoms with Crippen molar-refractivity contribution in [3.8, 4) is 22.4 Å². The van der Waals surface area contributed by atoms with Crippen molar-refractivity contribution in [3.63, 3.8) is 0 Å². The van der Waals surface area contributed by atoms with E-state index in [9.17, 15) is 0 Å². The average Bonchev–Trinajstić information content (AvgIpc) is 3.17. The van der Waals surface area contributed by atoms with Gasteiger partial charge in [-0.15, -0.1) is 11.3 Å². The second-order valence-corrected chi connectivity index (χ2v) is 5.91. The van der Waals surface area contributed by atoms with Gasteiger partial charge >= 0.3 is 0 Å². The molecule has 0 aliphatic rings. The van der Waals surface area contributed by atoms with E-state index in [4.69, 9.17) is 4.98 Å². The van der Waals surface area contributed by atoms with Gasteiger partial charge in [-0.1, -0.05) is 0 Å². The number of fused-ring (bicyclic) bond motifs is 1. The van der Waals surface area contributed by atoms with Gasteiger partial charge in [-0.25, -0.2) is 4.98 Å². The van der Waals surface area contributed by atoms with Crippen molar-refractivity contribution in [2.45, 2.75) is 0 Å². The monoisotopic (exact) mass is 295 g/mol. The van der Waals surface area contributed by atoms with E-state index in [1.54, 1.807) is 16.0 Å². The van der Waals surface area contributed by atoms with Crippen LogP contribution in [0.1, 0.15) is 0 Å². The summed E-state index contributed by atoms with van der Waals surface area (Å²) < 4.78 is 4.78. The van der Waals surface area contributed by atoms with Crippen LogP contribution in [-0.4, -0.2) is 24.5 Å². The maximum Gasteiger partial charge on any atom is 0.0896 e. The van der Waals surface area contributed by atoms with E-state index >= 15 is 0 Å². The van der Waals surface area contributed by atoms with Gasteiger partial charge in [-0.05, 0) is 12.1 Å². The lowest BCUT2D eigenvalue weighted by atomic mass is 10.1. The summed E-state index contributed by atoms with van der Waals surface area (Å²) in [5, 5.41) is 10.6. The zero-order chi connectivity index (χ0) is 14.4. The van der Waals surface area contributed by atoms with Crippen LogP contribution in [-0.2, 0) is 14.1 Å². The summed E-state index contributed by atoms with van der Waals surface area (Å²) in [6.07, 6.45) is 7.70. The number of aryl methyl sites for hydroxylation is 2. The molecule has 0 N–H and O–H groups in total. The molecule has 0 radical (unpaired) electrons. The number of rotatable bonds is 2. The molecule has 0 fully saturated rings. The molecular weight excluding hydrogens is 282 g/mol. The predicted molar refractivity (Wildman–Crippen MR) is 84.0 cm³/mol. The van der Waals surface area contributed by atoms with Gasteiger partial charge in [-0.3, -0.25) is 9.36 Å². The average molecular weight is 295 g/mol. The molecule has 0 aliphatic heterocycles. The molecule has 21 heavy (non-hydrogen) atoms. The number of nitrogens with zero attached hydrogens (tertiary/aromatic N) is 5. The third-order valence-electron chi connectivity index (χ3n) is 3.43. The van der Waals surface area contributed by atoms with Crippen molar-refractivity contribution in [1.29, 1.82) is 0 Å². The molecular formula is C15H13N5S. The second kappa shape index (κ2) is 4.53. The van der Waals surface area contributed by atoms with Gasteiger partial charge in [0.25, 0.3) is 0 Å². The fourth-order valence-electron chi connectivity index (χ4n) is 2.39. The van der Waals surface area contributed by atoms with Crippen LogP contribution in [0.15, 0.2) is 42.3 Å². The summed E-state index contributed by atoms with van der Waals surface area (Å²) in [6, 6.07) is 4.16. The SMILES string of the molecule is Cn1cc(-c2ccc3scc(-c4cnn(C)c4)c3n2)cn1. The number of thiophene rings is 1. The fraction of sp³-hybridized carbons (Fsp3) is 0.133. The van der Waals surface area contributed by atoms with Crippen molar-refractivity contribution in [1.82, 2.24) is 24.5 Å². The molecule has 6 heteroatoms. The molecule has 0 saturated heterocycles. The summed E-state index contributed by atoms with van der Waals surface area (Å²) in [4.78, 5) is 4.82. The predicted octanol–water partition coefficient (Wildman–Crippen LogP) is 3.10. The molecule has 0 saturated carbocycles. The van der Waals surface area contributed by atoms with Gasteiger partial charge in [0.05, 0.1) is 28.3 Å². The van der Waals surface area contributed by atoms with E-state index in [0.717, 1.165) is 27.9 Å². The number of hydrogen-bond acceptors (Lipinski definition) is 4. The largest absolute Gasteiger partial charge is 0.275 e. The first-order valence-electron chi connectivity index (χ1n) is 6.57. The first kappa shape index (κ1) is 12.3. The Hall–Kier alpha value is -2.47. The summed E-state index contributed by atoms with van der Waals surface area (Å²) in [6.45, 7) is 0. The molecule has 0 amide bonds. The van der Waals surface area contributed by atoms with Gasteiger partial charge < -0.3 is 0 Å². The number of pyridine rings is 1. The molecule has 0 unspecified atom stereocenters. The van der Waals surface area contributed by atoms with Crippen molar-refractivity contribution in [3.05, 3.63) is 42.3 Å². The topological polar surface area (TPSA) is 48.5 Å². The van der Waals surface area contributed by atoms with Crippen LogP contribution >= 0.6 is 11.3 Å². The van der Waals surface area contributed by atoms with Crippen LogP contribution < -0.4 is 0 Å². The van der Waals surface area contributed by atoms with Crippen molar-refractivity contribution in [2.75, 3.05) is 0 Å². The van der Waals surface area contributed by atoms with Crippen LogP contribution in [0.2, 0.25) is 0 Å². The highest BCUT2D eigenvalue weighted by molar-refractivity contribution is 7.17. The third kappa shape index (κ3) is 2.04. The molecule has 0 atom stereocenters. The minimum Gasteiger partial charge on any atom is -0.275 e. The second-order valence-electron chi connectivity index (χ2n) is 5.00. The van der Waals surface area contributed by atoms with Gasteiger partial charge in [0.1, 0.15) is 0 Å². The lowest BCUT2D eigenvalue weighted by Gasteiger charge is -1.99. The van der Waals surface area contributed by atoms with Crippen LogP contribution in [0.5, 0.6) is 0 Å². The quantitative estimate of drug-likeness (QED) is 0.571. The summed E-state index contributed by atoms with van der Waals surface area (Å²) in [5.74, 6) is 0. The lowest BCUT2D eigenvalue weighted by molar-refractivity contribution is 0.768. The summed E-state index contributed by atoms with van der Waals surface area (Å²) >= 11 is 1.71. The maximum atomic E-state index is 4.82. The number of hydrogen-bond donors (Lipinski definition) is 0. The van der Waals surface area contributed by atoms with E-state index in [2.05, 4.69) is 21.6 Å². The Labute approximate surface area is 125 Å². The Kier molecular flexibility index (Phi) is 2.65. The Bertz CT molecular complexity index is 931. The normalized spacial score (nSPS) is 11.3. The molecule has 4 aromatic rings. The molecule has 104 valence electrons. The smallest absolute Gasteiger partial charge is 0.0896 e. The van der Waals surface area contributed by atoms with Crippen LogP contribution in [0.4, 0.5) is 0 Å². The highest BCUT2D eigenvalue weighted by Crippen LogP contribution is 2.33. The van der Waals surface area contributed by atoms with Crippen molar-refractivity contribution in [2.24, 2.45) is 14.1 Å². The molecule has 4 rings (SSSR count). The van der Waals surface area contributed by atoms with Crippen molar-refractivity contribution >= 4 is 21.6 Å².